The lowest BCUT2D eigenvalue weighted by Crippen LogP contribution is -2.23. The maximum atomic E-state index is 4.16. The quantitative estimate of drug-likeness (QED) is 0.856. The first-order valence-corrected chi connectivity index (χ1v) is 7.35. The number of nitrogens with one attached hydrogen (secondary N) is 1. The molecule has 2 nitrogen and oxygen atoms in total. The number of thiazole rings is 1. The molecular weight excluding hydrogens is 240 g/mol. The molecular formula is C15H20N2S. The van der Waals surface area contributed by atoms with Gasteiger partial charge in [0.15, 0.2) is 0 Å². The molecule has 0 saturated carbocycles. The minimum absolute atomic E-state index is 0.394. The van der Waals surface area contributed by atoms with Crippen molar-refractivity contribution in [2.75, 3.05) is 6.54 Å². The van der Waals surface area contributed by atoms with Crippen LogP contribution in [0.1, 0.15) is 35.4 Å². The van der Waals surface area contributed by atoms with E-state index in [9.17, 15) is 0 Å². The predicted octanol–water partition coefficient (Wildman–Crippen LogP) is 3.73. The van der Waals surface area contributed by atoms with Gasteiger partial charge in [0.1, 0.15) is 0 Å². The molecule has 2 aromatic rings. The van der Waals surface area contributed by atoms with Crippen molar-refractivity contribution >= 4 is 11.3 Å². The van der Waals surface area contributed by atoms with E-state index in [1.165, 1.54) is 16.0 Å². The fourth-order valence-electron chi connectivity index (χ4n) is 2.06. The molecule has 2 rings (SSSR count). The molecule has 0 amide bonds. The number of aryl methyl sites for hydroxylation is 1. The molecule has 3 heteroatoms. The second kappa shape index (κ2) is 6.66. The van der Waals surface area contributed by atoms with Crippen LogP contribution in [0.4, 0.5) is 0 Å². The SMILES string of the molecule is CCCNC(Cc1cncs1)c1cccc(C)c1. The topological polar surface area (TPSA) is 24.9 Å². The average molecular weight is 260 g/mol. The summed E-state index contributed by atoms with van der Waals surface area (Å²) >= 11 is 1.73. The molecule has 1 aromatic carbocycles. The Balaban J connectivity index is 2.13. The van der Waals surface area contributed by atoms with Crippen molar-refractivity contribution in [3.63, 3.8) is 0 Å². The molecule has 0 bridgehead atoms. The monoisotopic (exact) mass is 260 g/mol. The van der Waals surface area contributed by atoms with Crippen molar-refractivity contribution in [2.24, 2.45) is 0 Å². The molecule has 1 heterocycles. The summed E-state index contributed by atoms with van der Waals surface area (Å²) in [5, 5.41) is 3.63. The Morgan fingerprint density at radius 3 is 2.94 bits per heavy atom. The number of hydrogen-bond acceptors (Lipinski definition) is 3. The van der Waals surface area contributed by atoms with E-state index >= 15 is 0 Å². The van der Waals surface area contributed by atoms with Crippen LogP contribution in [0.15, 0.2) is 36.0 Å². The second-order valence-corrected chi connectivity index (χ2v) is 5.56. The summed E-state index contributed by atoms with van der Waals surface area (Å²) in [5.74, 6) is 0. The van der Waals surface area contributed by atoms with Gasteiger partial charge in [0, 0.05) is 23.5 Å². The van der Waals surface area contributed by atoms with Gasteiger partial charge in [-0.3, -0.25) is 4.98 Å². The number of nitrogens with zero attached hydrogens (tertiary/aromatic N) is 1. The van der Waals surface area contributed by atoms with E-state index in [0.29, 0.717) is 6.04 Å². The van der Waals surface area contributed by atoms with Crippen molar-refractivity contribution in [3.05, 3.63) is 52.0 Å². The van der Waals surface area contributed by atoms with Gasteiger partial charge >= 0.3 is 0 Å². The lowest BCUT2D eigenvalue weighted by Gasteiger charge is -2.18. The molecule has 18 heavy (non-hydrogen) atoms. The zero-order chi connectivity index (χ0) is 12.8. The van der Waals surface area contributed by atoms with Crippen LogP contribution in [0.25, 0.3) is 0 Å². The highest BCUT2D eigenvalue weighted by Gasteiger charge is 2.12. The van der Waals surface area contributed by atoms with Crippen LogP contribution in [-0.2, 0) is 6.42 Å². The van der Waals surface area contributed by atoms with Gasteiger partial charge < -0.3 is 5.32 Å². The highest BCUT2D eigenvalue weighted by molar-refractivity contribution is 7.09. The molecule has 1 atom stereocenters. The van der Waals surface area contributed by atoms with Gasteiger partial charge in [0.25, 0.3) is 0 Å². The highest BCUT2D eigenvalue weighted by Crippen LogP contribution is 2.21. The maximum Gasteiger partial charge on any atom is 0.0794 e. The predicted molar refractivity (Wildman–Crippen MR) is 78.0 cm³/mol. The number of aromatic nitrogens is 1. The Kier molecular flexibility index (Phi) is 4.90. The van der Waals surface area contributed by atoms with E-state index in [1.807, 2.05) is 11.7 Å². The summed E-state index contributed by atoms with van der Waals surface area (Å²) in [7, 11) is 0. The zero-order valence-electron chi connectivity index (χ0n) is 11.0. The Hall–Kier alpha value is -1.19. The number of hydrogen-bond donors (Lipinski definition) is 1. The summed E-state index contributed by atoms with van der Waals surface area (Å²) in [5.41, 5.74) is 4.60. The first-order chi connectivity index (χ1) is 8.79. The van der Waals surface area contributed by atoms with Crippen LogP contribution in [0.5, 0.6) is 0 Å². The molecule has 0 spiro atoms. The third-order valence-electron chi connectivity index (χ3n) is 2.97. The van der Waals surface area contributed by atoms with Crippen molar-refractivity contribution in [2.45, 2.75) is 32.7 Å². The second-order valence-electron chi connectivity index (χ2n) is 4.59. The molecule has 0 aliphatic heterocycles. The Morgan fingerprint density at radius 1 is 1.39 bits per heavy atom. The number of rotatable bonds is 6. The van der Waals surface area contributed by atoms with Crippen LogP contribution >= 0.6 is 11.3 Å². The van der Waals surface area contributed by atoms with Crippen molar-refractivity contribution < 1.29 is 0 Å². The average Bonchev–Trinajstić information content (AvgIpc) is 2.87. The van der Waals surface area contributed by atoms with Gasteiger partial charge in [0.2, 0.25) is 0 Å². The molecule has 1 aromatic heterocycles. The Labute approximate surface area is 113 Å². The molecule has 0 fully saturated rings. The van der Waals surface area contributed by atoms with Gasteiger partial charge in [-0.1, -0.05) is 36.8 Å². The minimum Gasteiger partial charge on any atom is -0.310 e. The fourth-order valence-corrected chi connectivity index (χ4v) is 2.70. The summed E-state index contributed by atoms with van der Waals surface area (Å²) < 4.78 is 0. The van der Waals surface area contributed by atoms with Crippen LogP contribution < -0.4 is 5.32 Å². The summed E-state index contributed by atoms with van der Waals surface area (Å²) in [6.45, 7) is 5.40. The van der Waals surface area contributed by atoms with Crippen LogP contribution in [0, 0.1) is 6.92 Å². The van der Waals surface area contributed by atoms with Gasteiger partial charge in [-0.2, -0.15) is 0 Å². The van der Waals surface area contributed by atoms with Crippen molar-refractivity contribution in [3.8, 4) is 0 Å². The third-order valence-corrected chi connectivity index (χ3v) is 3.78. The highest BCUT2D eigenvalue weighted by atomic mass is 32.1. The molecule has 0 radical (unpaired) electrons. The molecule has 0 aliphatic carbocycles. The van der Waals surface area contributed by atoms with Gasteiger partial charge in [0.05, 0.1) is 5.51 Å². The Bertz CT molecular complexity index is 465. The molecule has 1 unspecified atom stereocenters. The first kappa shape index (κ1) is 13.2. The maximum absolute atomic E-state index is 4.16. The largest absolute Gasteiger partial charge is 0.310 e. The van der Waals surface area contributed by atoms with Gasteiger partial charge in [-0.15, -0.1) is 11.3 Å². The van der Waals surface area contributed by atoms with Crippen LogP contribution in [0.2, 0.25) is 0 Å². The van der Waals surface area contributed by atoms with Crippen molar-refractivity contribution in [1.29, 1.82) is 0 Å². The van der Waals surface area contributed by atoms with Crippen molar-refractivity contribution in [1.82, 2.24) is 10.3 Å². The fraction of sp³-hybridized carbons (Fsp3) is 0.400. The van der Waals surface area contributed by atoms with E-state index in [-0.39, 0.29) is 0 Å². The lowest BCUT2D eigenvalue weighted by atomic mass is 10.0. The molecule has 96 valence electrons. The van der Waals surface area contributed by atoms with E-state index < -0.39 is 0 Å². The smallest absolute Gasteiger partial charge is 0.0794 e. The molecule has 0 saturated heterocycles. The molecule has 1 N–H and O–H groups in total. The minimum atomic E-state index is 0.394. The van der Waals surface area contributed by atoms with Gasteiger partial charge in [-0.25, -0.2) is 0 Å². The normalized spacial score (nSPS) is 12.6. The van der Waals surface area contributed by atoms with E-state index in [1.54, 1.807) is 11.3 Å². The van der Waals surface area contributed by atoms with Crippen LogP contribution in [-0.4, -0.2) is 11.5 Å². The zero-order valence-corrected chi connectivity index (χ0v) is 11.8. The van der Waals surface area contributed by atoms with E-state index in [4.69, 9.17) is 0 Å². The third kappa shape index (κ3) is 3.65. The lowest BCUT2D eigenvalue weighted by molar-refractivity contribution is 0.532. The standard InChI is InChI=1S/C15H20N2S/c1-3-7-17-15(9-14-10-16-11-18-14)13-6-4-5-12(2)8-13/h4-6,8,10-11,15,17H,3,7,9H2,1-2H3. The summed E-state index contributed by atoms with van der Waals surface area (Å²) in [4.78, 5) is 5.50. The van der Waals surface area contributed by atoms with Crippen LogP contribution in [0.3, 0.4) is 0 Å². The Morgan fingerprint density at radius 2 is 2.28 bits per heavy atom. The van der Waals surface area contributed by atoms with Gasteiger partial charge in [-0.05, 0) is 25.5 Å². The summed E-state index contributed by atoms with van der Waals surface area (Å²) in [6.07, 6.45) is 4.15. The first-order valence-electron chi connectivity index (χ1n) is 6.47. The summed E-state index contributed by atoms with van der Waals surface area (Å²) in [6, 6.07) is 9.16. The number of benzene rings is 1. The molecule has 0 aliphatic rings. The van der Waals surface area contributed by atoms with E-state index in [0.717, 1.165) is 19.4 Å². The van der Waals surface area contributed by atoms with E-state index in [2.05, 4.69) is 48.4 Å².